The highest BCUT2D eigenvalue weighted by Gasteiger charge is 2.37. The molecule has 0 fully saturated rings. The lowest BCUT2D eigenvalue weighted by atomic mass is 10.0. The molecule has 140 valence electrons. The van der Waals surface area contributed by atoms with Crippen molar-refractivity contribution >= 4 is 29.1 Å². The Morgan fingerprint density at radius 3 is 2.57 bits per heavy atom. The molecule has 0 radical (unpaired) electrons. The molecule has 3 amide bonds. The molecule has 0 saturated heterocycles. The summed E-state index contributed by atoms with van der Waals surface area (Å²) in [5.74, 6) is -2.14. The van der Waals surface area contributed by atoms with Gasteiger partial charge in [-0.2, -0.15) is 0 Å². The van der Waals surface area contributed by atoms with Crippen LogP contribution in [0.25, 0.3) is 0 Å². The van der Waals surface area contributed by atoms with E-state index in [0.29, 0.717) is 16.9 Å². The minimum atomic E-state index is -0.791. The molecule has 3 aromatic rings. The zero-order valence-corrected chi connectivity index (χ0v) is 14.9. The van der Waals surface area contributed by atoms with E-state index in [1.807, 2.05) is 0 Å². The Morgan fingerprint density at radius 2 is 1.93 bits per heavy atom. The molecule has 0 unspecified atom stereocenters. The summed E-state index contributed by atoms with van der Waals surface area (Å²) in [7, 11) is 0. The summed E-state index contributed by atoms with van der Waals surface area (Å²) in [5, 5.41) is 2.40. The van der Waals surface area contributed by atoms with Crippen LogP contribution in [0.5, 0.6) is 0 Å². The number of imide groups is 1. The van der Waals surface area contributed by atoms with E-state index >= 15 is 0 Å². The fourth-order valence-corrected chi connectivity index (χ4v) is 3.14. The van der Waals surface area contributed by atoms with Crippen LogP contribution in [0.3, 0.4) is 0 Å². The largest absolute Gasteiger partial charge is 0.448 e. The molecule has 0 bridgehead atoms. The van der Waals surface area contributed by atoms with Gasteiger partial charge in [0.1, 0.15) is 11.6 Å². The lowest BCUT2D eigenvalue weighted by Crippen LogP contribution is -2.29. The Balaban J connectivity index is 1.63. The Hall–Kier alpha value is -3.81. The van der Waals surface area contributed by atoms with Crippen molar-refractivity contribution in [1.29, 1.82) is 0 Å². The molecule has 1 aliphatic rings. The van der Waals surface area contributed by atoms with Crippen LogP contribution >= 0.6 is 0 Å². The van der Waals surface area contributed by atoms with E-state index in [1.54, 1.807) is 32.0 Å². The number of anilines is 2. The number of fused-ring (bicyclic) bond motifs is 1. The number of nitrogens with one attached hydrogen (secondary N) is 1. The first-order valence-electron chi connectivity index (χ1n) is 8.38. The fraction of sp³-hybridized carbons (Fsp3) is 0.100. The lowest BCUT2D eigenvalue weighted by molar-refractivity contribution is 0.0924. The van der Waals surface area contributed by atoms with Gasteiger partial charge in [0.2, 0.25) is 0 Å². The van der Waals surface area contributed by atoms with E-state index in [1.165, 1.54) is 12.1 Å². The van der Waals surface area contributed by atoms with Crippen molar-refractivity contribution in [3.63, 3.8) is 0 Å². The van der Waals surface area contributed by atoms with Crippen molar-refractivity contribution in [3.05, 3.63) is 76.8 Å². The molecule has 0 atom stereocenters. The maximum absolute atomic E-state index is 14.6. The van der Waals surface area contributed by atoms with Crippen LogP contribution < -0.4 is 10.2 Å². The van der Waals surface area contributed by atoms with E-state index in [0.717, 1.165) is 17.4 Å². The molecule has 0 aliphatic carbocycles. The fourth-order valence-electron chi connectivity index (χ4n) is 3.14. The van der Waals surface area contributed by atoms with Crippen molar-refractivity contribution in [2.75, 3.05) is 10.2 Å². The van der Waals surface area contributed by atoms with Crippen LogP contribution in [-0.4, -0.2) is 22.7 Å². The second-order valence-electron chi connectivity index (χ2n) is 6.32. The first kappa shape index (κ1) is 17.6. The van der Waals surface area contributed by atoms with Gasteiger partial charge in [-0.1, -0.05) is 12.1 Å². The monoisotopic (exact) mass is 379 g/mol. The van der Waals surface area contributed by atoms with E-state index in [2.05, 4.69) is 10.3 Å². The smallest absolute Gasteiger partial charge is 0.277 e. The van der Waals surface area contributed by atoms with Crippen LogP contribution in [-0.2, 0) is 0 Å². The molecular weight excluding hydrogens is 365 g/mol. The molecule has 7 nitrogen and oxygen atoms in total. The van der Waals surface area contributed by atoms with Crippen LogP contribution in [0, 0.1) is 19.7 Å². The second kappa shape index (κ2) is 6.41. The third-order valence-electron chi connectivity index (χ3n) is 4.54. The Kier molecular flexibility index (Phi) is 4.03. The minimum absolute atomic E-state index is 0.0410. The van der Waals surface area contributed by atoms with Crippen molar-refractivity contribution < 1.29 is 23.2 Å². The highest BCUT2D eigenvalue weighted by atomic mass is 19.1. The maximum atomic E-state index is 14.6. The van der Waals surface area contributed by atoms with E-state index in [4.69, 9.17) is 4.42 Å². The first-order valence-corrected chi connectivity index (χ1v) is 8.38. The number of halogens is 1. The highest BCUT2D eigenvalue weighted by molar-refractivity contribution is 6.34. The van der Waals surface area contributed by atoms with Gasteiger partial charge >= 0.3 is 0 Å². The zero-order chi connectivity index (χ0) is 20.0. The molecule has 28 heavy (non-hydrogen) atoms. The summed E-state index contributed by atoms with van der Waals surface area (Å²) in [5.41, 5.74) is 1.28. The number of carbonyl (C=O) groups is 3. The summed E-state index contributed by atoms with van der Waals surface area (Å²) in [6.07, 6.45) is 1.12. The molecule has 0 spiro atoms. The number of oxazole rings is 1. The molecule has 2 heterocycles. The average molecular weight is 379 g/mol. The van der Waals surface area contributed by atoms with Gasteiger partial charge in [0.15, 0.2) is 12.1 Å². The number of benzene rings is 2. The number of carbonyl (C=O) groups excluding carboxylic acids is 3. The predicted molar refractivity (Wildman–Crippen MR) is 97.9 cm³/mol. The molecule has 4 rings (SSSR count). The van der Waals surface area contributed by atoms with Crippen LogP contribution in [0.2, 0.25) is 0 Å². The standard InChI is InChI=1S/C20H14FN3O4/c1-10-4-3-5-13-16(10)20(27)24(19(13)26)12-6-7-15(14(21)8-12)23-18(25)17-11(2)28-9-22-17/h3-9H,1-2H3,(H,23,25). The lowest BCUT2D eigenvalue weighted by Gasteiger charge is -2.15. The molecular formula is C20H14FN3O4. The predicted octanol–water partition coefficient (Wildman–Crippen LogP) is 3.48. The number of aryl methyl sites for hydroxylation is 2. The quantitative estimate of drug-likeness (QED) is 0.704. The van der Waals surface area contributed by atoms with Gasteiger partial charge in [0.05, 0.1) is 22.5 Å². The molecule has 1 aromatic heterocycles. The van der Waals surface area contributed by atoms with Gasteiger partial charge in [-0.25, -0.2) is 14.3 Å². The van der Waals surface area contributed by atoms with E-state index in [-0.39, 0.29) is 22.6 Å². The van der Waals surface area contributed by atoms with Crippen molar-refractivity contribution in [2.24, 2.45) is 0 Å². The number of rotatable bonds is 3. The molecule has 2 aromatic carbocycles. The number of aromatic nitrogens is 1. The summed E-state index contributed by atoms with van der Waals surface area (Å²) in [4.78, 5) is 42.2. The minimum Gasteiger partial charge on any atom is -0.448 e. The number of hydrogen-bond acceptors (Lipinski definition) is 5. The van der Waals surface area contributed by atoms with Gasteiger partial charge in [-0.05, 0) is 37.6 Å². The average Bonchev–Trinajstić information content (AvgIpc) is 3.19. The number of hydrogen-bond donors (Lipinski definition) is 1. The zero-order valence-electron chi connectivity index (χ0n) is 14.9. The summed E-state index contributed by atoms with van der Waals surface area (Å²) >= 11 is 0. The van der Waals surface area contributed by atoms with Gasteiger partial charge < -0.3 is 9.73 Å². The van der Waals surface area contributed by atoms with E-state index in [9.17, 15) is 18.8 Å². The topological polar surface area (TPSA) is 92.5 Å². The van der Waals surface area contributed by atoms with Gasteiger partial charge in [-0.3, -0.25) is 14.4 Å². The summed E-state index contributed by atoms with van der Waals surface area (Å²) in [6.45, 7) is 3.30. The van der Waals surface area contributed by atoms with E-state index < -0.39 is 23.5 Å². The molecule has 8 heteroatoms. The number of nitrogens with zero attached hydrogens (tertiary/aromatic N) is 2. The van der Waals surface area contributed by atoms with Crippen LogP contribution in [0.1, 0.15) is 42.5 Å². The Bertz CT molecular complexity index is 1150. The Morgan fingerprint density at radius 1 is 1.14 bits per heavy atom. The van der Waals surface area contributed by atoms with Crippen LogP contribution in [0.4, 0.5) is 15.8 Å². The highest BCUT2D eigenvalue weighted by Crippen LogP contribution is 2.32. The second-order valence-corrected chi connectivity index (χ2v) is 6.32. The maximum Gasteiger partial charge on any atom is 0.277 e. The Labute approximate surface area is 158 Å². The van der Waals surface area contributed by atoms with Crippen molar-refractivity contribution in [2.45, 2.75) is 13.8 Å². The van der Waals surface area contributed by atoms with Gasteiger partial charge in [0.25, 0.3) is 17.7 Å². The summed E-state index contributed by atoms with van der Waals surface area (Å²) < 4.78 is 19.5. The SMILES string of the molecule is Cc1cccc2c1C(=O)N(c1ccc(NC(=O)c3ncoc3C)c(F)c1)C2=O. The van der Waals surface area contributed by atoms with Crippen molar-refractivity contribution in [3.8, 4) is 0 Å². The normalized spacial score (nSPS) is 13.0. The molecule has 0 saturated carbocycles. The third-order valence-corrected chi connectivity index (χ3v) is 4.54. The van der Waals surface area contributed by atoms with Crippen molar-refractivity contribution in [1.82, 2.24) is 4.98 Å². The molecule has 1 aliphatic heterocycles. The van der Waals surface area contributed by atoms with Crippen LogP contribution in [0.15, 0.2) is 47.2 Å². The van der Waals surface area contributed by atoms with Gasteiger partial charge in [-0.15, -0.1) is 0 Å². The summed E-state index contributed by atoms with van der Waals surface area (Å²) in [6, 6.07) is 8.70. The number of amides is 3. The first-order chi connectivity index (χ1) is 13.4. The van der Waals surface area contributed by atoms with Gasteiger partial charge in [0, 0.05) is 6.07 Å². The third kappa shape index (κ3) is 2.66. The molecule has 1 N–H and O–H groups in total.